The van der Waals surface area contributed by atoms with E-state index in [1.54, 1.807) is 24.3 Å². The normalized spacial score (nSPS) is 10.2. The number of phenols is 1. The van der Waals surface area contributed by atoms with Crippen LogP contribution in [-0.4, -0.2) is 17.6 Å². The molecule has 0 spiro atoms. The zero-order valence-corrected chi connectivity index (χ0v) is 12.5. The number of rotatable bonds is 6. The van der Waals surface area contributed by atoms with Crippen molar-refractivity contribution in [2.24, 2.45) is 0 Å². The minimum atomic E-state index is -0.163. The Morgan fingerprint density at radius 1 is 1.27 bits per heavy atom. The largest absolute Gasteiger partial charge is 0.506 e. The molecule has 1 amide bonds. The van der Waals surface area contributed by atoms with Gasteiger partial charge in [0.25, 0.3) is 0 Å². The smallest absolute Gasteiger partial charge is 0.224 e. The van der Waals surface area contributed by atoms with Crippen molar-refractivity contribution in [3.63, 3.8) is 0 Å². The van der Waals surface area contributed by atoms with Crippen molar-refractivity contribution in [2.45, 2.75) is 19.8 Å². The molecule has 0 bridgehead atoms. The molecule has 0 saturated carbocycles. The molecule has 0 heterocycles. The van der Waals surface area contributed by atoms with Gasteiger partial charge in [0.2, 0.25) is 5.91 Å². The molecule has 4 N–H and O–H groups in total. The summed E-state index contributed by atoms with van der Waals surface area (Å²) < 4.78 is 5.52. The number of aryl methyl sites for hydroxylation is 1. The van der Waals surface area contributed by atoms with Gasteiger partial charge < -0.3 is 20.9 Å². The first-order valence-corrected chi connectivity index (χ1v) is 7.13. The Labute approximate surface area is 129 Å². The Kier molecular flexibility index (Phi) is 5.25. The molecule has 0 radical (unpaired) electrons. The van der Waals surface area contributed by atoms with Crippen LogP contribution >= 0.6 is 0 Å². The lowest BCUT2D eigenvalue weighted by atomic mass is 10.2. The maximum atomic E-state index is 11.8. The first-order valence-electron chi connectivity index (χ1n) is 7.13. The fraction of sp³-hybridized carbons (Fsp3) is 0.235. The van der Waals surface area contributed by atoms with Crippen LogP contribution in [0.3, 0.4) is 0 Å². The van der Waals surface area contributed by atoms with Crippen molar-refractivity contribution in [3.8, 4) is 11.5 Å². The Hall–Kier alpha value is -2.69. The minimum Gasteiger partial charge on any atom is -0.506 e. The van der Waals surface area contributed by atoms with Crippen LogP contribution in [0.4, 0.5) is 11.4 Å². The summed E-state index contributed by atoms with van der Waals surface area (Å²) in [7, 11) is 0. The molecule has 0 atom stereocenters. The van der Waals surface area contributed by atoms with E-state index in [1.807, 2.05) is 25.1 Å². The van der Waals surface area contributed by atoms with E-state index in [9.17, 15) is 9.90 Å². The Morgan fingerprint density at radius 2 is 2.05 bits per heavy atom. The fourth-order valence-electron chi connectivity index (χ4n) is 1.99. The predicted molar refractivity (Wildman–Crippen MR) is 87.1 cm³/mol. The molecule has 0 fully saturated rings. The molecular formula is C17H20N2O3. The van der Waals surface area contributed by atoms with Gasteiger partial charge in [0.1, 0.15) is 11.5 Å². The summed E-state index contributed by atoms with van der Waals surface area (Å²) in [6.45, 7) is 2.28. The maximum Gasteiger partial charge on any atom is 0.224 e. The third-order valence-corrected chi connectivity index (χ3v) is 3.15. The van der Waals surface area contributed by atoms with Crippen molar-refractivity contribution >= 4 is 17.3 Å². The number of para-hydroxylation sites is 2. The maximum absolute atomic E-state index is 11.8. The predicted octanol–water partition coefficient (Wildman–Crippen LogP) is 3.08. The van der Waals surface area contributed by atoms with Crippen LogP contribution in [0.1, 0.15) is 18.4 Å². The lowest BCUT2D eigenvalue weighted by molar-refractivity contribution is -0.116. The van der Waals surface area contributed by atoms with Gasteiger partial charge in [0.05, 0.1) is 18.0 Å². The second-order valence-corrected chi connectivity index (χ2v) is 5.06. The van der Waals surface area contributed by atoms with E-state index >= 15 is 0 Å². The van der Waals surface area contributed by atoms with Gasteiger partial charge in [-0.25, -0.2) is 0 Å². The number of nitrogens with one attached hydrogen (secondary N) is 1. The van der Waals surface area contributed by atoms with Gasteiger partial charge in [-0.05, 0) is 43.2 Å². The molecule has 2 aromatic carbocycles. The number of phenolic OH excluding ortho intramolecular Hbond substituents is 1. The molecule has 0 aliphatic heterocycles. The van der Waals surface area contributed by atoms with E-state index in [4.69, 9.17) is 10.5 Å². The highest BCUT2D eigenvalue weighted by atomic mass is 16.5. The van der Waals surface area contributed by atoms with E-state index < -0.39 is 0 Å². The number of carbonyl (C=O) groups excluding carboxylic acids is 1. The van der Waals surface area contributed by atoms with Crippen molar-refractivity contribution in [1.29, 1.82) is 0 Å². The number of nitrogen functional groups attached to an aromatic ring is 1. The van der Waals surface area contributed by atoms with Crippen LogP contribution in [0.2, 0.25) is 0 Å². The number of benzene rings is 2. The van der Waals surface area contributed by atoms with Gasteiger partial charge in [-0.15, -0.1) is 0 Å². The second kappa shape index (κ2) is 7.36. The highest BCUT2D eigenvalue weighted by Gasteiger charge is 2.07. The number of hydrogen-bond acceptors (Lipinski definition) is 4. The molecular weight excluding hydrogens is 280 g/mol. The zero-order chi connectivity index (χ0) is 15.9. The average Bonchev–Trinajstić information content (AvgIpc) is 2.48. The third kappa shape index (κ3) is 4.41. The highest BCUT2D eigenvalue weighted by Crippen LogP contribution is 2.24. The van der Waals surface area contributed by atoms with Crippen molar-refractivity contribution in [2.75, 3.05) is 17.7 Å². The summed E-state index contributed by atoms with van der Waals surface area (Å²) in [6, 6.07) is 12.4. The molecule has 0 aliphatic rings. The topological polar surface area (TPSA) is 84.6 Å². The van der Waals surface area contributed by atoms with Crippen molar-refractivity contribution in [1.82, 2.24) is 0 Å². The first kappa shape index (κ1) is 15.7. The van der Waals surface area contributed by atoms with E-state index in [-0.39, 0.29) is 11.7 Å². The standard InChI is InChI=1S/C17H20N2O3/c1-12-8-9-14(15(20)11-12)19-17(21)7-4-10-22-16-6-3-2-5-13(16)18/h2-3,5-6,8-9,11,20H,4,7,10,18H2,1H3,(H,19,21). The quantitative estimate of drug-likeness (QED) is 0.435. The van der Waals surface area contributed by atoms with Gasteiger partial charge in [0, 0.05) is 6.42 Å². The van der Waals surface area contributed by atoms with E-state index in [1.165, 1.54) is 0 Å². The minimum absolute atomic E-state index is 0.0710. The molecule has 2 rings (SSSR count). The summed E-state index contributed by atoms with van der Waals surface area (Å²) in [5.74, 6) is 0.532. The number of ether oxygens (including phenoxy) is 1. The summed E-state index contributed by atoms with van der Waals surface area (Å²) in [6.07, 6.45) is 0.868. The van der Waals surface area contributed by atoms with Crippen LogP contribution in [0, 0.1) is 6.92 Å². The van der Waals surface area contributed by atoms with Gasteiger partial charge >= 0.3 is 0 Å². The van der Waals surface area contributed by atoms with E-state index in [2.05, 4.69) is 5.32 Å². The summed E-state index contributed by atoms with van der Waals surface area (Å²) >= 11 is 0. The molecule has 0 aromatic heterocycles. The molecule has 0 aliphatic carbocycles. The lowest BCUT2D eigenvalue weighted by Gasteiger charge is -2.09. The molecule has 116 valence electrons. The van der Waals surface area contributed by atoms with Gasteiger partial charge in [0.15, 0.2) is 0 Å². The third-order valence-electron chi connectivity index (χ3n) is 3.15. The average molecular weight is 300 g/mol. The number of amides is 1. The van der Waals surface area contributed by atoms with E-state index in [0.29, 0.717) is 36.6 Å². The number of hydrogen-bond donors (Lipinski definition) is 3. The first-order chi connectivity index (χ1) is 10.6. The number of aromatic hydroxyl groups is 1. The van der Waals surface area contributed by atoms with Crippen LogP contribution in [0.25, 0.3) is 0 Å². The van der Waals surface area contributed by atoms with Crippen molar-refractivity contribution in [3.05, 3.63) is 48.0 Å². The van der Waals surface area contributed by atoms with E-state index in [0.717, 1.165) is 5.56 Å². The van der Waals surface area contributed by atoms with Gasteiger partial charge in [-0.1, -0.05) is 18.2 Å². The van der Waals surface area contributed by atoms with Crippen LogP contribution in [0.15, 0.2) is 42.5 Å². The number of anilines is 2. The van der Waals surface area contributed by atoms with Crippen LogP contribution < -0.4 is 15.8 Å². The molecule has 2 aromatic rings. The van der Waals surface area contributed by atoms with Crippen LogP contribution in [0.5, 0.6) is 11.5 Å². The number of carbonyl (C=O) groups is 1. The van der Waals surface area contributed by atoms with Crippen LogP contribution in [-0.2, 0) is 4.79 Å². The number of nitrogens with two attached hydrogens (primary N) is 1. The van der Waals surface area contributed by atoms with Gasteiger partial charge in [-0.2, -0.15) is 0 Å². The highest BCUT2D eigenvalue weighted by molar-refractivity contribution is 5.92. The molecule has 0 saturated heterocycles. The molecule has 5 nitrogen and oxygen atoms in total. The summed E-state index contributed by atoms with van der Waals surface area (Å²) in [4.78, 5) is 11.8. The monoisotopic (exact) mass is 300 g/mol. The molecule has 5 heteroatoms. The molecule has 0 unspecified atom stereocenters. The Bertz CT molecular complexity index is 656. The lowest BCUT2D eigenvalue weighted by Crippen LogP contribution is -2.13. The second-order valence-electron chi connectivity index (χ2n) is 5.06. The van der Waals surface area contributed by atoms with Crippen molar-refractivity contribution < 1.29 is 14.6 Å². The summed E-state index contributed by atoms with van der Waals surface area (Å²) in [5, 5.41) is 12.4. The summed E-state index contributed by atoms with van der Waals surface area (Å²) in [5.41, 5.74) is 7.70. The fourth-order valence-corrected chi connectivity index (χ4v) is 1.99. The Balaban J connectivity index is 1.75. The zero-order valence-electron chi connectivity index (χ0n) is 12.5. The van der Waals surface area contributed by atoms with Gasteiger partial charge in [-0.3, -0.25) is 4.79 Å². The molecule has 22 heavy (non-hydrogen) atoms. The SMILES string of the molecule is Cc1ccc(NC(=O)CCCOc2ccccc2N)c(O)c1. The Morgan fingerprint density at radius 3 is 2.77 bits per heavy atom.